The van der Waals surface area contributed by atoms with Gasteiger partial charge in [0, 0.05) is 37.4 Å². The second-order valence-corrected chi connectivity index (χ2v) is 7.37. The van der Waals surface area contributed by atoms with Crippen LogP contribution in [0.5, 0.6) is 0 Å². The molecule has 1 amide bonds. The Balaban J connectivity index is 1.52. The maximum absolute atomic E-state index is 13.1. The second-order valence-electron chi connectivity index (χ2n) is 7.37. The maximum Gasteiger partial charge on any atom is 0.256 e. The number of hydrogen-bond donors (Lipinski definition) is 1. The number of carbonyl (C=O) groups excluding carboxylic acids is 1. The van der Waals surface area contributed by atoms with Gasteiger partial charge < -0.3 is 10.6 Å². The smallest absolute Gasteiger partial charge is 0.256 e. The lowest BCUT2D eigenvalue weighted by molar-refractivity contribution is 0.0714. The SMILES string of the molecule is Cc1cccc2c(C(=O)N3CCC(c4cccc(CN)c4)CC3)cncc12. The zero-order valence-electron chi connectivity index (χ0n) is 15.7. The summed E-state index contributed by atoms with van der Waals surface area (Å²) in [5, 5.41) is 2.05. The molecule has 0 aliphatic carbocycles. The zero-order valence-corrected chi connectivity index (χ0v) is 15.7. The van der Waals surface area contributed by atoms with E-state index in [1.54, 1.807) is 6.20 Å². The topological polar surface area (TPSA) is 59.2 Å². The van der Waals surface area contributed by atoms with Crippen molar-refractivity contribution in [3.8, 4) is 0 Å². The number of amides is 1. The number of piperidine rings is 1. The molecule has 0 bridgehead atoms. The molecule has 2 N–H and O–H groups in total. The van der Waals surface area contributed by atoms with Crippen LogP contribution < -0.4 is 5.73 Å². The minimum atomic E-state index is 0.0906. The van der Waals surface area contributed by atoms with E-state index in [2.05, 4.69) is 42.2 Å². The molecule has 2 heterocycles. The average Bonchev–Trinajstić information content (AvgIpc) is 2.73. The highest BCUT2D eigenvalue weighted by atomic mass is 16.2. The summed E-state index contributed by atoms with van der Waals surface area (Å²) in [6.07, 6.45) is 5.52. The van der Waals surface area contributed by atoms with Crippen LogP contribution in [0, 0.1) is 6.92 Å². The van der Waals surface area contributed by atoms with E-state index in [0.29, 0.717) is 18.0 Å². The lowest BCUT2D eigenvalue weighted by Crippen LogP contribution is -2.38. The molecular formula is C23H25N3O. The number of carbonyl (C=O) groups is 1. The van der Waals surface area contributed by atoms with Gasteiger partial charge in [0.2, 0.25) is 0 Å². The van der Waals surface area contributed by atoms with Crippen LogP contribution >= 0.6 is 0 Å². The molecule has 138 valence electrons. The van der Waals surface area contributed by atoms with Crippen LogP contribution in [0.3, 0.4) is 0 Å². The van der Waals surface area contributed by atoms with Crippen LogP contribution in [-0.4, -0.2) is 28.9 Å². The molecule has 1 aliphatic rings. The van der Waals surface area contributed by atoms with Crippen molar-refractivity contribution in [2.75, 3.05) is 13.1 Å². The van der Waals surface area contributed by atoms with Crippen molar-refractivity contribution >= 4 is 16.7 Å². The first-order valence-corrected chi connectivity index (χ1v) is 9.59. The number of aryl methyl sites for hydroxylation is 1. The normalized spacial score (nSPS) is 15.3. The molecule has 1 aromatic heterocycles. The summed E-state index contributed by atoms with van der Waals surface area (Å²) < 4.78 is 0. The Hall–Kier alpha value is -2.72. The van der Waals surface area contributed by atoms with Gasteiger partial charge >= 0.3 is 0 Å². The lowest BCUT2D eigenvalue weighted by Gasteiger charge is -2.32. The molecule has 4 nitrogen and oxygen atoms in total. The van der Waals surface area contributed by atoms with Crippen molar-refractivity contribution in [3.63, 3.8) is 0 Å². The van der Waals surface area contributed by atoms with Gasteiger partial charge in [-0.05, 0) is 47.8 Å². The minimum Gasteiger partial charge on any atom is -0.339 e. The molecule has 1 aliphatic heterocycles. The zero-order chi connectivity index (χ0) is 18.8. The van der Waals surface area contributed by atoms with Crippen molar-refractivity contribution in [1.29, 1.82) is 0 Å². The maximum atomic E-state index is 13.1. The van der Waals surface area contributed by atoms with Crippen LogP contribution in [0.1, 0.15) is 45.8 Å². The van der Waals surface area contributed by atoms with Gasteiger partial charge in [0.15, 0.2) is 0 Å². The summed E-state index contributed by atoms with van der Waals surface area (Å²) in [6.45, 7) is 4.18. The predicted octanol–water partition coefficient (Wildman–Crippen LogP) is 4.02. The van der Waals surface area contributed by atoms with E-state index >= 15 is 0 Å². The molecule has 1 saturated heterocycles. The summed E-state index contributed by atoms with van der Waals surface area (Å²) in [5.41, 5.74) is 10.1. The molecule has 0 radical (unpaired) electrons. The summed E-state index contributed by atoms with van der Waals surface area (Å²) in [7, 11) is 0. The third kappa shape index (κ3) is 3.45. The van der Waals surface area contributed by atoms with E-state index < -0.39 is 0 Å². The van der Waals surface area contributed by atoms with E-state index in [-0.39, 0.29) is 5.91 Å². The molecule has 3 aromatic rings. The molecule has 4 heteroatoms. The summed E-state index contributed by atoms with van der Waals surface area (Å²) in [6, 6.07) is 14.6. The van der Waals surface area contributed by atoms with Crippen molar-refractivity contribution < 1.29 is 4.79 Å². The number of nitrogens with two attached hydrogens (primary N) is 1. The van der Waals surface area contributed by atoms with Crippen LogP contribution in [0.2, 0.25) is 0 Å². The highest BCUT2D eigenvalue weighted by molar-refractivity contribution is 6.07. The number of likely N-dealkylation sites (tertiary alicyclic amines) is 1. The summed E-state index contributed by atoms with van der Waals surface area (Å²) in [5.74, 6) is 0.585. The number of nitrogens with zero attached hydrogens (tertiary/aromatic N) is 2. The van der Waals surface area contributed by atoms with Gasteiger partial charge in [-0.1, -0.05) is 42.5 Å². The quantitative estimate of drug-likeness (QED) is 0.768. The number of aromatic nitrogens is 1. The van der Waals surface area contributed by atoms with E-state index in [1.165, 1.54) is 11.1 Å². The van der Waals surface area contributed by atoms with Gasteiger partial charge in [0.25, 0.3) is 5.91 Å². The number of hydrogen-bond acceptors (Lipinski definition) is 3. The Morgan fingerprint density at radius 3 is 2.67 bits per heavy atom. The molecule has 0 spiro atoms. The van der Waals surface area contributed by atoms with Gasteiger partial charge in [0.05, 0.1) is 5.56 Å². The third-order valence-corrected chi connectivity index (χ3v) is 5.69. The summed E-state index contributed by atoms with van der Waals surface area (Å²) >= 11 is 0. The van der Waals surface area contributed by atoms with E-state index in [4.69, 9.17) is 5.73 Å². The molecule has 4 rings (SSSR count). The Morgan fingerprint density at radius 2 is 1.89 bits per heavy atom. The molecule has 1 fully saturated rings. The Morgan fingerprint density at radius 1 is 1.11 bits per heavy atom. The van der Waals surface area contributed by atoms with Crippen molar-refractivity contribution in [2.45, 2.75) is 32.2 Å². The number of fused-ring (bicyclic) bond motifs is 1. The first-order valence-electron chi connectivity index (χ1n) is 9.59. The van der Waals surface area contributed by atoms with E-state index in [0.717, 1.165) is 42.3 Å². The van der Waals surface area contributed by atoms with Gasteiger partial charge in [0.1, 0.15) is 0 Å². The highest BCUT2D eigenvalue weighted by Crippen LogP contribution is 2.30. The van der Waals surface area contributed by atoms with Crippen molar-refractivity contribution in [2.24, 2.45) is 5.73 Å². The standard InChI is InChI=1S/C23H25N3O/c1-16-4-2-7-20-21(16)14-25-15-22(20)23(27)26-10-8-18(9-11-26)19-6-3-5-17(12-19)13-24/h2-7,12,14-15,18H,8-11,13,24H2,1H3. The minimum absolute atomic E-state index is 0.0906. The van der Waals surface area contributed by atoms with Gasteiger partial charge in [-0.25, -0.2) is 0 Å². The monoisotopic (exact) mass is 359 g/mol. The number of benzene rings is 2. The fourth-order valence-electron chi connectivity index (χ4n) is 4.07. The summed E-state index contributed by atoms with van der Waals surface area (Å²) in [4.78, 5) is 19.4. The van der Waals surface area contributed by atoms with Crippen molar-refractivity contribution in [3.05, 3.63) is 77.1 Å². The van der Waals surface area contributed by atoms with E-state index in [1.807, 2.05) is 23.2 Å². The van der Waals surface area contributed by atoms with Gasteiger partial charge in [-0.15, -0.1) is 0 Å². The number of pyridine rings is 1. The van der Waals surface area contributed by atoms with E-state index in [9.17, 15) is 4.79 Å². The van der Waals surface area contributed by atoms with Crippen LogP contribution in [-0.2, 0) is 6.54 Å². The molecule has 0 saturated carbocycles. The Kier molecular flexibility index (Phi) is 4.90. The molecular weight excluding hydrogens is 334 g/mol. The first kappa shape index (κ1) is 17.7. The highest BCUT2D eigenvalue weighted by Gasteiger charge is 2.25. The van der Waals surface area contributed by atoms with Crippen molar-refractivity contribution in [1.82, 2.24) is 9.88 Å². The predicted molar refractivity (Wildman–Crippen MR) is 109 cm³/mol. The largest absolute Gasteiger partial charge is 0.339 e. The van der Waals surface area contributed by atoms with Crippen LogP contribution in [0.4, 0.5) is 0 Å². The second kappa shape index (κ2) is 7.49. The molecule has 2 aromatic carbocycles. The fourth-order valence-corrected chi connectivity index (χ4v) is 4.07. The first-order chi connectivity index (χ1) is 13.2. The fraction of sp³-hybridized carbons (Fsp3) is 0.304. The molecule has 0 unspecified atom stereocenters. The lowest BCUT2D eigenvalue weighted by atomic mass is 9.88. The molecule has 0 atom stereocenters. The van der Waals surface area contributed by atoms with Crippen LogP contribution in [0.15, 0.2) is 54.9 Å². The Bertz CT molecular complexity index is 974. The molecule has 27 heavy (non-hydrogen) atoms. The van der Waals surface area contributed by atoms with Gasteiger partial charge in [-0.2, -0.15) is 0 Å². The average molecular weight is 359 g/mol. The van der Waals surface area contributed by atoms with Crippen LogP contribution in [0.25, 0.3) is 10.8 Å². The Labute approximate surface area is 160 Å². The van der Waals surface area contributed by atoms with Gasteiger partial charge in [-0.3, -0.25) is 9.78 Å². The number of rotatable bonds is 3. The third-order valence-electron chi connectivity index (χ3n) is 5.69.